The van der Waals surface area contributed by atoms with E-state index in [1.54, 1.807) is 6.92 Å². The van der Waals surface area contributed by atoms with Gasteiger partial charge in [-0.25, -0.2) is 4.39 Å². The molecule has 4 rings (SSSR count). The van der Waals surface area contributed by atoms with Crippen molar-refractivity contribution < 1.29 is 9.50 Å². The molecule has 0 saturated heterocycles. The minimum Gasteiger partial charge on any atom is -0.393 e. The Morgan fingerprint density at radius 3 is 2.57 bits per heavy atom. The van der Waals surface area contributed by atoms with Crippen molar-refractivity contribution in [1.82, 2.24) is 0 Å². The van der Waals surface area contributed by atoms with Crippen LogP contribution in [-0.2, 0) is 0 Å². The van der Waals surface area contributed by atoms with Gasteiger partial charge in [-0.2, -0.15) is 0 Å². The summed E-state index contributed by atoms with van der Waals surface area (Å²) in [5.74, 6) is 2.21. The van der Waals surface area contributed by atoms with Gasteiger partial charge < -0.3 is 5.11 Å². The first-order valence-electron chi connectivity index (χ1n) is 9.59. The summed E-state index contributed by atoms with van der Waals surface area (Å²) in [7, 11) is 0. The van der Waals surface area contributed by atoms with Crippen molar-refractivity contribution >= 4 is 0 Å². The number of fused-ring (bicyclic) bond motifs is 5. The van der Waals surface area contributed by atoms with E-state index in [0.717, 1.165) is 55.9 Å². The Labute approximate surface area is 140 Å². The van der Waals surface area contributed by atoms with Crippen molar-refractivity contribution in [2.24, 2.45) is 28.6 Å². The predicted octanol–water partition coefficient (Wildman–Crippen LogP) is 5.55. The van der Waals surface area contributed by atoms with E-state index in [4.69, 9.17) is 0 Å². The molecule has 3 fully saturated rings. The second-order valence-electron chi connectivity index (χ2n) is 9.16. The van der Waals surface area contributed by atoms with Crippen molar-refractivity contribution in [2.75, 3.05) is 0 Å². The number of hydrogen-bond donors (Lipinski definition) is 1. The molecule has 0 aliphatic heterocycles. The summed E-state index contributed by atoms with van der Waals surface area (Å²) in [6.45, 7) is 6.46. The molecule has 0 aromatic carbocycles. The third-order valence-corrected chi connectivity index (χ3v) is 8.28. The van der Waals surface area contributed by atoms with Crippen LogP contribution in [0.15, 0.2) is 23.0 Å². The molecule has 2 heteroatoms. The fraction of sp³-hybridized carbons (Fsp3) is 0.810. The number of hydrogen-bond acceptors (Lipinski definition) is 1. The summed E-state index contributed by atoms with van der Waals surface area (Å²) in [6.07, 6.45) is 11.0. The van der Waals surface area contributed by atoms with Crippen LogP contribution in [0.25, 0.3) is 0 Å². The van der Waals surface area contributed by atoms with Gasteiger partial charge in [-0.3, -0.25) is 0 Å². The highest BCUT2D eigenvalue weighted by Crippen LogP contribution is 2.66. The zero-order valence-corrected chi connectivity index (χ0v) is 14.9. The van der Waals surface area contributed by atoms with Gasteiger partial charge in [0.2, 0.25) is 0 Å². The van der Waals surface area contributed by atoms with Crippen molar-refractivity contribution in [1.29, 1.82) is 0 Å². The SMILES string of the molecule is C/C(F)=C1/CCC2C3CC=C4C[C@@H](O)CC[C@]4(C)C3CC[C@]12C. The quantitative estimate of drug-likeness (QED) is 0.580. The molecule has 4 aliphatic rings. The lowest BCUT2D eigenvalue weighted by Crippen LogP contribution is -2.49. The fourth-order valence-electron chi connectivity index (χ4n) is 7.02. The summed E-state index contributed by atoms with van der Waals surface area (Å²) < 4.78 is 14.1. The smallest absolute Gasteiger partial charge is 0.0966 e. The van der Waals surface area contributed by atoms with E-state index in [0.29, 0.717) is 11.3 Å². The van der Waals surface area contributed by atoms with Crippen molar-refractivity contribution in [2.45, 2.75) is 78.2 Å². The molecule has 0 radical (unpaired) electrons. The maximum Gasteiger partial charge on any atom is 0.0966 e. The number of halogens is 1. The molecule has 0 heterocycles. The lowest BCUT2D eigenvalue weighted by molar-refractivity contribution is -0.0272. The third-order valence-electron chi connectivity index (χ3n) is 8.28. The normalized spacial score (nSPS) is 51.4. The fourth-order valence-corrected chi connectivity index (χ4v) is 7.02. The van der Waals surface area contributed by atoms with Crippen molar-refractivity contribution in [3.8, 4) is 0 Å². The van der Waals surface area contributed by atoms with Crippen LogP contribution >= 0.6 is 0 Å². The van der Waals surface area contributed by atoms with E-state index in [1.165, 1.54) is 18.4 Å². The van der Waals surface area contributed by atoms with Gasteiger partial charge in [0.05, 0.1) is 11.9 Å². The highest BCUT2D eigenvalue weighted by Gasteiger charge is 2.57. The highest BCUT2D eigenvalue weighted by atomic mass is 19.1. The van der Waals surface area contributed by atoms with Crippen molar-refractivity contribution in [3.05, 3.63) is 23.0 Å². The Hall–Kier alpha value is -0.630. The maximum absolute atomic E-state index is 14.1. The Morgan fingerprint density at radius 1 is 1.13 bits per heavy atom. The molecule has 23 heavy (non-hydrogen) atoms. The van der Waals surface area contributed by atoms with E-state index in [1.807, 2.05) is 0 Å². The lowest BCUT2D eigenvalue weighted by Gasteiger charge is -2.57. The van der Waals surface area contributed by atoms with Crippen molar-refractivity contribution in [3.63, 3.8) is 0 Å². The molecule has 128 valence electrons. The van der Waals surface area contributed by atoms with Crippen LogP contribution in [0.5, 0.6) is 0 Å². The summed E-state index contributed by atoms with van der Waals surface area (Å²) >= 11 is 0. The molecule has 1 nitrogen and oxygen atoms in total. The van der Waals surface area contributed by atoms with Crippen LogP contribution in [0.2, 0.25) is 0 Å². The topological polar surface area (TPSA) is 20.2 Å². The molecular weight excluding hydrogens is 287 g/mol. The molecular formula is C21H31FO. The third kappa shape index (κ3) is 2.13. The van der Waals surface area contributed by atoms with E-state index in [-0.39, 0.29) is 17.3 Å². The van der Waals surface area contributed by atoms with Crippen LogP contribution < -0.4 is 0 Å². The van der Waals surface area contributed by atoms with Gasteiger partial charge >= 0.3 is 0 Å². The van der Waals surface area contributed by atoms with E-state index in [9.17, 15) is 9.50 Å². The monoisotopic (exact) mass is 318 g/mol. The maximum atomic E-state index is 14.1. The van der Waals surface area contributed by atoms with Gasteiger partial charge in [0.1, 0.15) is 0 Å². The number of allylic oxidation sites excluding steroid dienone is 3. The van der Waals surface area contributed by atoms with Crippen LogP contribution in [0.4, 0.5) is 4.39 Å². The molecule has 0 amide bonds. The first-order chi connectivity index (χ1) is 10.9. The van der Waals surface area contributed by atoms with Gasteiger partial charge in [-0.05, 0) is 92.4 Å². The second-order valence-corrected chi connectivity index (χ2v) is 9.16. The lowest BCUT2D eigenvalue weighted by atomic mass is 9.48. The van der Waals surface area contributed by atoms with Gasteiger partial charge in [0.15, 0.2) is 0 Å². The van der Waals surface area contributed by atoms with Crippen LogP contribution in [0.1, 0.15) is 72.1 Å². The zero-order valence-electron chi connectivity index (χ0n) is 14.9. The highest BCUT2D eigenvalue weighted by molar-refractivity contribution is 5.30. The first-order valence-corrected chi connectivity index (χ1v) is 9.59. The molecule has 6 atom stereocenters. The molecule has 1 N–H and O–H groups in total. The van der Waals surface area contributed by atoms with E-state index >= 15 is 0 Å². The molecule has 3 unspecified atom stereocenters. The van der Waals surface area contributed by atoms with Gasteiger partial charge in [-0.15, -0.1) is 0 Å². The average molecular weight is 318 g/mol. The van der Waals surface area contributed by atoms with Crippen LogP contribution in [0, 0.1) is 28.6 Å². The molecule has 0 bridgehead atoms. The molecule has 4 aliphatic carbocycles. The Morgan fingerprint density at radius 2 is 1.83 bits per heavy atom. The minimum atomic E-state index is -0.130. The molecule has 0 aromatic heterocycles. The summed E-state index contributed by atoms with van der Waals surface area (Å²) in [4.78, 5) is 0. The summed E-state index contributed by atoms with van der Waals surface area (Å²) in [5.41, 5.74) is 3.05. The van der Waals surface area contributed by atoms with Gasteiger partial charge in [-0.1, -0.05) is 25.5 Å². The van der Waals surface area contributed by atoms with Gasteiger partial charge in [0, 0.05) is 0 Å². The second kappa shape index (κ2) is 5.18. The Bertz CT molecular complexity index is 572. The number of rotatable bonds is 0. The van der Waals surface area contributed by atoms with E-state index < -0.39 is 0 Å². The first kappa shape index (κ1) is 15.9. The number of aliphatic hydroxyl groups excluding tert-OH is 1. The number of aliphatic hydroxyl groups is 1. The molecule has 0 aromatic rings. The minimum absolute atomic E-state index is 0.0903. The largest absolute Gasteiger partial charge is 0.393 e. The predicted molar refractivity (Wildman–Crippen MR) is 91.5 cm³/mol. The Kier molecular flexibility index (Phi) is 3.58. The summed E-state index contributed by atoms with van der Waals surface area (Å²) in [5, 5.41) is 10.1. The Balaban J connectivity index is 1.69. The molecule has 0 spiro atoms. The average Bonchev–Trinajstić information content (AvgIpc) is 2.85. The standard InChI is InChI=1S/C21H31FO/c1-13(22)17-6-7-18-16-5-4-14-12-15(23)8-10-20(14,2)19(16)9-11-21(17,18)3/h4,15-16,18-19,23H,5-12H2,1-3H3/b17-13+/t15-,16?,18?,19?,20-,21+/m0/s1. The van der Waals surface area contributed by atoms with Gasteiger partial charge in [0.25, 0.3) is 0 Å². The summed E-state index contributed by atoms with van der Waals surface area (Å²) in [6, 6.07) is 0. The zero-order chi connectivity index (χ0) is 16.4. The van der Waals surface area contributed by atoms with Crippen LogP contribution in [0.3, 0.4) is 0 Å². The van der Waals surface area contributed by atoms with Crippen LogP contribution in [-0.4, -0.2) is 11.2 Å². The molecule has 3 saturated carbocycles. The van der Waals surface area contributed by atoms with E-state index in [2.05, 4.69) is 19.9 Å².